The van der Waals surface area contributed by atoms with Crippen LogP contribution in [0, 0.1) is 11.6 Å². The molecular weight excluding hydrogens is 234 g/mol. The first-order valence-electron chi connectivity index (χ1n) is 5.01. The van der Waals surface area contributed by atoms with E-state index in [1.165, 1.54) is 12.1 Å². The van der Waals surface area contributed by atoms with Crippen molar-refractivity contribution in [2.24, 2.45) is 0 Å². The minimum Gasteiger partial charge on any atom is -0.318 e. The quantitative estimate of drug-likeness (QED) is 0.805. The van der Waals surface area contributed by atoms with Crippen LogP contribution in [0.4, 0.5) is 8.78 Å². The molecule has 0 bridgehead atoms. The molecule has 0 amide bonds. The molecular formula is C11H15ClF2N2. The van der Waals surface area contributed by atoms with Gasteiger partial charge in [0.1, 0.15) is 16.7 Å². The van der Waals surface area contributed by atoms with Crippen molar-refractivity contribution in [2.75, 3.05) is 27.2 Å². The van der Waals surface area contributed by atoms with Crippen LogP contribution >= 0.6 is 11.6 Å². The average molecular weight is 249 g/mol. The van der Waals surface area contributed by atoms with Gasteiger partial charge in [0, 0.05) is 25.2 Å². The molecule has 0 unspecified atom stereocenters. The van der Waals surface area contributed by atoms with E-state index >= 15 is 0 Å². The maximum atomic E-state index is 13.5. The third kappa shape index (κ3) is 3.40. The van der Waals surface area contributed by atoms with Crippen molar-refractivity contribution >= 4 is 11.6 Å². The Kier molecular flexibility index (Phi) is 5.12. The molecule has 1 aromatic carbocycles. The summed E-state index contributed by atoms with van der Waals surface area (Å²) in [7, 11) is 3.72. The molecule has 0 aliphatic carbocycles. The highest BCUT2D eigenvalue weighted by Gasteiger charge is 2.12. The van der Waals surface area contributed by atoms with E-state index in [4.69, 9.17) is 11.6 Å². The molecule has 0 saturated heterocycles. The third-order valence-corrected chi connectivity index (χ3v) is 2.65. The summed E-state index contributed by atoms with van der Waals surface area (Å²) in [6.45, 7) is 2.01. The van der Waals surface area contributed by atoms with E-state index in [0.29, 0.717) is 12.1 Å². The number of benzene rings is 1. The average Bonchev–Trinajstić information content (AvgIpc) is 2.27. The summed E-state index contributed by atoms with van der Waals surface area (Å²) in [6, 6.07) is 2.61. The van der Waals surface area contributed by atoms with E-state index in [1.807, 2.05) is 19.0 Å². The van der Waals surface area contributed by atoms with E-state index in [1.54, 1.807) is 0 Å². The van der Waals surface area contributed by atoms with Crippen molar-refractivity contribution < 1.29 is 8.78 Å². The standard InChI is InChI=1S/C11H15ClF2N2/c1-15-5-6-16(2)7-8-3-4-9(13)10(12)11(8)14/h3-4,15H,5-7H2,1-2H3. The number of nitrogens with zero attached hydrogens (tertiary/aromatic N) is 1. The molecule has 0 fully saturated rings. The molecule has 0 radical (unpaired) electrons. The van der Waals surface area contributed by atoms with Crippen LogP contribution in [0.1, 0.15) is 5.56 Å². The first-order chi connectivity index (χ1) is 7.56. The molecule has 1 aromatic rings. The zero-order valence-corrected chi connectivity index (χ0v) is 10.1. The van der Waals surface area contributed by atoms with Crippen LogP contribution in [0.25, 0.3) is 0 Å². The molecule has 1 N–H and O–H groups in total. The second kappa shape index (κ2) is 6.13. The zero-order valence-electron chi connectivity index (χ0n) is 9.36. The monoisotopic (exact) mass is 248 g/mol. The van der Waals surface area contributed by atoms with Crippen molar-refractivity contribution in [3.63, 3.8) is 0 Å². The molecule has 1 rings (SSSR count). The molecule has 2 nitrogen and oxygen atoms in total. The highest BCUT2D eigenvalue weighted by atomic mass is 35.5. The van der Waals surface area contributed by atoms with Crippen LogP contribution in [0.15, 0.2) is 12.1 Å². The van der Waals surface area contributed by atoms with Gasteiger partial charge in [0.2, 0.25) is 0 Å². The maximum Gasteiger partial charge on any atom is 0.149 e. The van der Waals surface area contributed by atoms with Gasteiger partial charge in [-0.15, -0.1) is 0 Å². The Morgan fingerprint density at radius 1 is 1.38 bits per heavy atom. The highest BCUT2D eigenvalue weighted by Crippen LogP contribution is 2.22. The zero-order chi connectivity index (χ0) is 12.1. The Balaban J connectivity index is 2.70. The lowest BCUT2D eigenvalue weighted by Crippen LogP contribution is -2.27. The third-order valence-electron chi connectivity index (χ3n) is 2.30. The first-order valence-corrected chi connectivity index (χ1v) is 5.39. The summed E-state index contributed by atoms with van der Waals surface area (Å²) in [6.07, 6.45) is 0. The molecule has 0 aromatic heterocycles. The number of rotatable bonds is 5. The Labute approximate surface area is 99.2 Å². The Morgan fingerprint density at radius 2 is 2.06 bits per heavy atom. The lowest BCUT2D eigenvalue weighted by molar-refractivity contribution is 0.322. The molecule has 0 heterocycles. The minimum absolute atomic E-state index is 0.407. The minimum atomic E-state index is -0.721. The smallest absolute Gasteiger partial charge is 0.149 e. The SMILES string of the molecule is CNCCN(C)Cc1ccc(F)c(Cl)c1F. The van der Waals surface area contributed by atoms with Crippen LogP contribution in [0.5, 0.6) is 0 Å². The summed E-state index contributed by atoms with van der Waals surface area (Å²) in [5.74, 6) is -1.39. The Bertz CT molecular complexity index is 358. The van der Waals surface area contributed by atoms with E-state index in [-0.39, 0.29) is 0 Å². The first kappa shape index (κ1) is 13.4. The summed E-state index contributed by atoms with van der Waals surface area (Å²) < 4.78 is 26.4. The summed E-state index contributed by atoms with van der Waals surface area (Å²) in [5.41, 5.74) is 0.407. The number of likely N-dealkylation sites (N-methyl/N-ethyl adjacent to an activating group) is 2. The number of hydrogen-bond donors (Lipinski definition) is 1. The summed E-state index contributed by atoms with van der Waals surface area (Å²) >= 11 is 5.49. The van der Waals surface area contributed by atoms with Crippen LogP contribution in [-0.4, -0.2) is 32.1 Å². The lowest BCUT2D eigenvalue weighted by Gasteiger charge is -2.17. The predicted octanol–water partition coefficient (Wildman–Crippen LogP) is 2.27. The second-order valence-electron chi connectivity index (χ2n) is 3.68. The lowest BCUT2D eigenvalue weighted by atomic mass is 10.2. The van der Waals surface area contributed by atoms with Gasteiger partial charge in [-0.3, -0.25) is 0 Å². The van der Waals surface area contributed by atoms with Crippen LogP contribution in [0.2, 0.25) is 5.02 Å². The van der Waals surface area contributed by atoms with Crippen molar-refractivity contribution in [3.8, 4) is 0 Å². The fourth-order valence-corrected chi connectivity index (χ4v) is 1.54. The van der Waals surface area contributed by atoms with Crippen molar-refractivity contribution in [1.82, 2.24) is 10.2 Å². The number of hydrogen-bond acceptors (Lipinski definition) is 2. The van der Waals surface area contributed by atoms with Gasteiger partial charge in [0.25, 0.3) is 0 Å². The molecule has 5 heteroatoms. The van der Waals surface area contributed by atoms with Gasteiger partial charge in [-0.05, 0) is 20.2 Å². The molecule has 0 atom stereocenters. The van der Waals surface area contributed by atoms with E-state index in [0.717, 1.165) is 13.1 Å². The van der Waals surface area contributed by atoms with Gasteiger partial charge in [0.15, 0.2) is 0 Å². The Hall–Kier alpha value is -0.710. The summed E-state index contributed by atoms with van der Waals surface area (Å²) in [4.78, 5) is 1.93. The molecule has 16 heavy (non-hydrogen) atoms. The predicted molar refractivity (Wildman–Crippen MR) is 61.6 cm³/mol. The molecule has 0 spiro atoms. The van der Waals surface area contributed by atoms with E-state index in [9.17, 15) is 8.78 Å². The van der Waals surface area contributed by atoms with Gasteiger partial charge < -0.3 is 10.2 Å². The van der Waals surface area contributed by atoms with Gasteiger partial charge >= 0.3 is 0 Å². The number of halogens is 3. The van der Waals surface area contributed by atoms with Crippen molar-refractivity contribution in [2.45, 2.75) is 6.54 Å². The summed E-state index contributed by atoms with van der Waals surface area (Å²) in [5, 5.41) is 2.57. The largest absolute Gasteiger partial charge is 0.318 e. The van der Waals surface area contributed by atoms with Gasteiger partial charge in [0.05, 0.1) is 0 Å². The Morgan fingerprint density at radius 3 is 2.69 bits per heavy atom. The van der Waals surface area contributed by atoms with E-state index in [2.05, 4.69) is 5.32 Å². The second-order valence-corrected chi connectivity index (χ2v) is 4.05. The van der Waals surface area contributed by atoms with E-state index < -0.39 is 16.7 Å². The molecule has 0 aliphatic heterocycles. The molecule has 0 saturated carbocycles. The fraction of sp³-hybridized carbons (Fsp3) is 0.455. The van der Waals surface area contributed by atoms with Gasteiger partial charge in [-0.2, -0.15) is 0 Å². The normalized spacial score (nSPS) is 11.1. The molecule has 90 valence electrons. The van der Waals surface area contributed by atoms with Crippen LogP contribution in [-0.2, 0) is 6.54 Å². The van der Waals surface area contributed by atoms with Crippen molar-refractivity contribution in [1.29, 1.82) is 0 Å². The van der Waals surface area contributed by atoms with Gasteiger partial charge in [-0.1, -0.05) is 17.7 Å². The van der Waals surface area contributed by atoms with Gasteiger partial charge in [-0.25, -0.2) is 8.78 Å². The van der Waals surface area contributed by atoms with Crippen molar-refractivity contribution in [3.05, 3.63) is 34.4 Å². The van der Waals surface area contributed by atoms with Crippen LogP contribution < -0.4 is 5.32 Å². The van der Waals surface area contributed by atoms with Crippen LogP contribution in [0.3, 0.4) is 0 Å². The highest BCUT2D eigenvalue weighted by molar-refractivity contribution is 6.30. The molecule has 0 aliphatic rings. The fourth-order valence-electron chi connectivity index (χ4n) is 1.36. The topological polar surface area (TPSA) is 15.3 Å². The number of nitrogens with one attached hydrogen (secondary N) is 1. The maximum absolute atomic E-state index is 13.5.